The molecule has 0 saturated carbocycles. The first-order valence-electron chi connectivity index (χ1n) is 8.98. The Morgan fingerprint density at radius 2 is 2.08 bits per heavy atom. The zero-order valence-corrected chi connectivity index (χ0v) is 16.7. The maximum absolute atomic E-state index is 12.8. The zero-order chi connectivity index (χ0) is 18.0. The van der Waals surface area contributed by atoms with Crippen molar-refractivity contribution in [2.45, 2.75) is 33.1 Å². The van der Waals surface area contributed by atoms with Crippen LogP contribution < -0.4 is 5.32 Å². The van der Waals surface area contributed by atoms with Crippen LogP contribution in [-0.2, 0) is 0 Å². The van der Waals surface area contributed by atoms with E-state index in [1.54, 1.807) is 4.68 Å². The van der Waals surface area contributed by atoms with Crippen molar-refractivity contribution in [3.8, 4) is 5.69 Å². The van der Waals surface area contributed by atoms with E-state index in [1.807, 2.05) is 37.1 Å². The molecule has 7 heteroatoms. The van der Waals surface area contributed by atoms with Crippen molar-refractivity contribution in [2.75, 3.05) is 26.7 Å². The van der Waals surface area contributed by atoms with Gasteiger partial charge >= 0.3 is 0 Å². The van der Waals surface area contributed by atoms with Gasteiger partial charge in [-0.2, -0.15) is 0 Å². The summed E-state index contributed by atoms with van der Waals surface area (Å²) in [4.78, 5) is 19.1. The number of amides is 1. The lowest BCUT2D eigenvalue weighted by Gasteiger charge is -2.14. The van der Waals surface area contributed by atoms with Gasteiger partial charge in [0, 0.05) is 13.1 Å². The smallest absolute Gasteiger partial charge is 0.293 e. The maximum atomic E-state index is 12.8. The SMILES string of the molecule is CNCC1CCN(C(=O)c2nc(C)n(-c3ccccc3C(C)C)n2)C1.Cl. The number of benzene rings is 1. The van der Waals surface area contributed by atoms with Crippen LogP contribution >= 0.6 is 12.4 Å². The van der Waals surface area contributed by atoms with E-state index in [4.69, 9.17) is 0 Å². The number of rotatable bonds is 5. The van der Waals surface area contributed by atoms with Gasteiger partial charge in [0.05, 0.1) is 5.69 Å². The van der Waals surface area contributed by atoms with Gasteiger partial charge in [-0.25, -0.2) is 9.67 Å². The summed E-state index contributed by atoms with van der Waals surface area (Å²) in [5.74, 6) is 1.85. The number of carbonyl (C=O) groups is 1. The Morgan fingerprint density at radius 3 is 2.77 bits per heavy atom. The van der Waals surface area contributed by atoms with Gasteiger partial charge in [0.2, 0.25) is 5.82 Å². The molecule has 2 heterocycles. The van der Waals surface area contributed by atoms with E-state index in [0.29, 0.717) is 17.7 Å². The summed E-state index contributed by atoms with van der Waals surface area (Å²) in [5, 5.41) is 7.72. The van der Waals surface area contributed by atoms with Crippen molar-refractivity contribution in [3.63, 3.8) is 0 Å². The first kappa shape index (κ1) is 20.4. The second-order valence-corrected chi connectivity index (χ2v) is 7.07. The molecule has 1 saturated heterocycles. The fourth-order valence-corrected chi connectivity index (χ4v) is 3.49. The van der Waals surface area contributed by atoms with Gasteiger partial charge in [0.1, 0.15) is 5.82 Å². The average Bonchev–Trinajstić information content (AvgIpc) is 3.21. The van der Waals surface area contributed by atoms with Crippen LogP contribution in [0.5, 0.6) is 0 Å². The second kappa shape index (κ2) is 8.64. The quantitative estimate of drug-likeness (QED) is 0.870. The van der Waals surface area contributed by atoms with E-state index >= 15 is 0 Å². The molecule has 1 fully saturated rings. The molecule has 1 atom stereocenters. The molecular formula is C19H28ClN5O. The Bertz CT molecular complexity index is 758. The largest absolute Gasteiger partial charge is 0.336 e. The van der Waals surface area contributed by atoms with Gasteiger partial charge < -0.3 is 10.2 Å². The fourth-order valence-electron chi connectivity index (χ4n) is 3.49. The third-order valence-corrected chi connectivity index (χ3v) is 4.81. The molecule has 1 aliphatic rings. The summed E-state index contributed by atoms with van der Waals surface area (Å²) < 4.78 is 1.80. The minimum Gasteiger partial charge on any atom is -0.336 e. The third-order valence-electron chi connectivity index (χ3n) is 4.81. The highest BCUT2D eigenvalue weighted by molar-refractivity contribution is 5.90. The van der Waals surface area contributed by atoms with Gasteiger partial charge in [-0.3, -0.25) is 4.79 Å². The summed E-state index contributed by atoms with van der Waals surface area (Å²) in [6, 6.07) is 8.16. The molecule has 6 nitrogen and oxygen atoms in total. The molecule has 2 aromatic rings. The normalized spacial score (nSPS) is 16.8. The monoisotopic (exact) mass is 377 g/mol. The third kappa shape index (κ3) is 4.07. The summed E-state index contributed by atoms with van der Waals surface area (Å²) in [5.41, 5.74) is 2.20. The first-order valence-corrected chi connectivity index (χ1v) is 8.98. The van der Waals surface area contributed by atoms with Crippen LogP contribution in [0.15, 0.2) is 24.3 Å². The fraction of sp³-hybridized carbons (Fsp3) is 0.526. The molecule has 1 amide bonds. The van der Waals surface area contributed by atoms with Crippen molar-refractivity contribution >= 4 is 18.3 Å². The topological polar surface area (TPSA) is 63.1 Å². The Labute approximate surface area is 161 Å². The van der Waals surface area contributed by atoms with E-state index in [1.165, 1.54) is 5.56 Å². The molecular weight excluding hydrogens is 350 g/mol. The van der Waals surface area contributed by atoms with Crippen LogP contribution in [0, 0.1) is 12.8 Å². The summed E-state index contributed by atoms with van der Waals surface area (Å²) in [6.07, 6.45) is 1.03. The molecule has 1 aromatic carbocycles. The number of hydrogen-bond donors (Lipinski definition) is 1. The van der Waals surface area contributed by atoms with Gasteiger partial charge in [0.25, 0.3) is 5.91 Å². The van der Waals surface area contributed by atoms with Gasteiger partial charge in [0.15, 0.2) is 0 Å². The zero-order valence-electron chi connectivity index (χ0n) is 15.9. The van der Waals surface area contributed by atoms with Crippen molar-refractivity contribution in [2.24, 2.45) is 5.92 Å². The lowest BCUT2D eigenvalue weighted by atomic mass is 10.0. The number of carbonyl (C=O) groups excluding carboxylic acids is 1. The lowest BCUT2D eigenvalue weighted by Crippen LogP contribution is -2.31. The van der Waals surface area contributed by atoms with Gasteiger partial charge in [-0.15, -0.1) is 17.5 Å². The first-order chi connectivity index (χ1) is 12.0. The predicted molar refractivity (Wildman–Crippen MR) is 105 cm³/mol. The summed E-state index contributed by atoms with van der Waals surface area (Å²) in [7, 11) is 1.95. The number of aryl methyl sites for hydroxylation is 1. The van der Waals surface area contributed by atoms with E-state index in [2.05, 4.69) is 35.3 Å². The standard InChI is InChI=1S/C19H27N5O.ClH/c1-13(2)16-7-5-6-8-17(16)24-14(3)21-18(22-24)19(25)23-10-9-15(12-23)11-20-4;/h5-8,13,15,20H,9-12H2,1-4H3;1H. The van der Waals surface area contributed by atoms with Gasteiger partial charge in [-0.1, -0.05) is 32.0 Å². The van der Waals surface area contributed by atoms with Gasteiger partial charge in [-0.05, 0) is 50.4 Å². The van der Waals surface area contributed by atoms with Crippen molar-refractivity contribution in [1.29, 1.82) is 0 Å². The molecule has 142 valence electrons. The molecule has 26 heavy (non-hydrogen) atoms. The van der Waals surface area contributed by atoms with Crippen LogP contribution in [0.2, 0.25) is 0 Å². The number of halogens is 1. The van der Waals surface area contributed by atoms with Crippen molar-refractivity contribution in [3.05, 3.63) is 41.5 Å². The molecule has 1 aromatic heterocycles. The van der Waals surface area contributed by atoms with E-state index in [-0.39, 0.29) is 18.3 Å². The number of hydrogen-bond acceptors (Lipinski definition) is 4. The van der Waals surface area contributed by atoms with E-state index in [9.17, 15) is 4.79 Å². The Hall–Kier alpha value is -1.92. The molecule has 0 aliphatic carbocycles. The highest BCUT2D eigenvalue weighted by Gasteiger charge is 2.29. The van der Waals surface area contributed by atoms with Crippen molar-refractivity contribution < 1.29 is 4.79 Å². The summed E-state index contributed by atoms with van der Waals surface area (Å²) >= 11 is 0. The maximum Gasteiger partial charge on any atom is 0.293 e. The highest BCUT2D eigenvalue weighted by atomic mass is 35.5. The minimum absolute atomic E-state index is 0. The minimum atomic E-state index is -0.0671. The molecule has 0 bridgehead atoms. The Balaban J connectivity index is 0.00000243. The van der Waals surface area contributed by atoms with Crippen LogP contribution in [0.4, 0.5) is 0 Å². The van der Waals surface area contributed by atoms with Crippen LogP contribution in [-0.4, -0.2) is 52.3 Å². The van der Waals surface area contributed by atoms with E-state index in [0.717, 1.165) is 37.6 Å². The molecule has 0 radical (unpaired) electrons. The van der Waals surface area contributed by atoms with Crippen LogP contribution in [0.25, 0.3) is 5.69 Å². The number of likely N-dealkylation sites (tertiary alicyclic amines) is 1. The Morgan fingerprint density at radius 1 is 1.35 bits per heavy atom. The van der Waals surface area contributed by atoms with Crippen molar-refractivity contribution in [1.82, 2.24) is 25.0 Å². The molecule has 0 spiro atoms. The molecule has 1 unspecified atom stereocenters. The molecule has 1 N–H and O–H groups in total. The van der Waals surface area contributed by atoms with Crippen LogP contribution in [0.3, 0.4) is 0 Å². The second-order valence-electron chi connectivity index (χ2n) is 7.07. The van der Waals surface area contributed by atoms with E-state index < -0.39 is 0 Å². The number of nitrogens with zero attached hydrogens (tertiary/aromatic N) is 4. The summed E-state index contributed by atoms with van der Waals surface area (Å²) in [6.45, 7) is 8.70. The number of aromatic nitrogens is 3. The lowest BCUT2D eigenvalue weighted by molar-refractivity contribution is 0.0775. The van der Waals surface area contributed by atoms with Crippen LogP contribution in [0.1, 0.15) is 48.2 Å². The molecule has 3 rings (SSSR count). The predicted octanol–water partition coefficient (Wildman–Crippen LogP) is 2.80. The number of nitrogens with one attached hydrogen (secondary N) is 1. The highest BCUT2D eigenvalue weighted by Crippen LogP contribution is 2.24. The average molecular weight is 378 g/mol. The number of para-hydroxylation sites is 1. The Kier molecular flexibility index (Phi) is 6.78. The molecule has 1 aliphatic heterocycles.